The van der Waals surface area contributed by atoms with Crippen LogP contribution in [-0.2, 0) is 17.6 Å². The lowest BCUT2D eigenvalue weighted by Gasteiger charge is -2.21. The number of nitrogens with one attached hydrogen (secondary N) is 2. The Balaban J connectivity index is 1.47. The summed E-state index contributed by atoms with van der Waals surface area (Å²) in [7, 11) is 0. The molecule has 0 bridgehead atoms. The van der Waals surface area contributed by atoms with Crippen molar-refractivity contribution < 1.29 is 4.79 Å². The van der Waals surface area contributed by atoms with Crippen LogP contribution < -0.4 is 10.6 Å². The monoisotopic (exact) mass is 385 g/mol. The molecule has 1 heterocycles. The Bertz CT molecular complexity index is 763. The number of para-hydroxylation sites is 1. The number of pyridine rings is 1. The van der Waals surface area contributed by atoms with E-state index in [2.05, 4.69) is 47.5 Å². The van der Waals surface area contributed by atoms with Gasteiger partial charge in [0.15, 0.2) is 0 Å². The number of benzene rings is 1. The summed E-state index contributed by atoms with van der Waals surface area (Å²) in [6.07, 6.45) is 9.80. The maximum absolute atomic E-state index is 11.4. The molecule has 2 aromatic rings. The van der Waals surface area contributed by atoms with E-state index in [1.165, 1.54) is 41.6 Å². The van der Waals surface area contributed by atoms with Crippen LogP contribution in [0.2, 0.25) is 0 Å². The molecule has 27 heavy (non-hydrogen) atoms. The molecular weight excluding hydrogens is 354 g/mol. The summed E-state index contributed by atoms with van der Waals surface area (Å²) >= 11 is 4.07. The summed E-state index contributed by atoms with van der Waals surface area (Å²) < 4.78 is 0. The summed E-state index contributed by atoms with van der Waals surface area (Å²) in [5, 5.41) is 7.92. The summed E-state index contributed by atoms with van der Waals surface area (Å²) in [4.78, 5) is 16.3. The van der Waals surface area contributed by atoms with Crippen molar-refractivity contribution in [1.29, 1.82) is 0 Å². The summed E-state index contributed by atoms with van der Waals surface area (Å²) in [5.74, 6) is 0.728. The van der Waals surface area contributed by atoms with Gasteiger partial charge in [-0.15, -0.1) is 0 Å². The first kappa shape index (κ1) is 20.0. The van der Waals surface area contributed by atoms with Crippen molar-refractivity contribution in [3.63, 3.8) is 0 Å². The molecule has 1 aliphatic carbocycles. The number of amides is 1. The van der Waals surface area contributed by atoms with Gasteiger partial charge in [-0.3, -0.25) is 9.78 Å². The SMILES string of the molecule is O=C(CCS)NCCCCCCNc1c2c(nc3ccccc13)CCCC2. The largest absolute Gasteiger partial charge is 0.384 e. The number of unbranched alkanes of at least 4 members (excludes halogenated alkanes) is 3. The lowest BCUT2D eigenvalue weighted by Crippen LogP contribution is -2.24. The maximum Gasteiger partial charge on any atom is 0.220 e. The van der Waals surface area contributed by atoms with Crippen LogP contribution in [0.25, 0.3) is 10.9 Å². The van der Waals surface area contributed by atoms with Crippen molar-refractivity contribution in [3.8, 4) is 0 Å². The fourth-order valence-corrected chi connectivity index (χ4v) is 4.01. The number of rotatable bonds is 10. The number of aryl methyl sites for hydroxylation is 1. The standard InChI is InChI=1S/C22H31N3OS/c26-21(13-16-27)23-14-7-1-2-8-15-24-22-17-9-3-5-11-19(17)25-20-12-6-4-10-18(20)22/h3,5,9,11,27H,1-2,4,6-8,10,12-16H2,(H,23,26)(H,24,25). The third-order valence-electron chi connectivity index (χ3n) is 5.24. The van der Waals surface area contributed by atoms with Crippen LogP contribution >= 0.6 is 12.6 Å². The van der Waals surface area contributed by atoms with Gasteiger partial charge in [-0.1, -0.05) is 31.0 Å². The molecule has 1 aromatic heterocycles. The van der Waals surface area contributed by atoms with E-state index in [4.69, 9.17) is 4.98 Å². The Kier molecular flexibility index (Phi) is 7.81. The first-order valence-corrected chi connectivity index (χ1v) is 10.9. The van der Waals surface area contributed by atoms with Gasteiger partial charge in [0.25, 0.3) is 0 Å². The highest BCUT2D eigenvalue weighted by Gasteiger charge is 2.17. The number of hydrogen-bond acceptors (Lipinski definition) is 4. The van der Waals surface area contributed by atoms with E-state index in [-0.39, 0.29) is 5.91 Å². The third kappa shape index (κ3) is 5.61. The smallest absolute Gasteiger partial charge is 0.220 e. The van der Waals surface area contributed by atoms with E-state index in [1.54, 1.807) is 0 Å². The molecule has 4 nitrogen and oxygen atoms in total. The summed E-state index contributed by atoms with van der Waals surface area (Å²) in [5.41, 5.74) is 5.15. The van der Waals surface area contributed by atoms with Crippen LogP contribution in [-0.4, -0.2) is 29.7 Å². The highest BCUT2D eigenvalue weighted by molar-refractivity contribution is 7.80. The number of anilines is 1. The molecule has 1 amide bonds. The molecule has 0 saturated heterocycles. The molecular formula is C22H31N3OS. The second kappa shape index (κ2) is 10.5. The van der Waals surface area contributed by atoms with Crippen molar-refractivity contribution in [2.45, 2.75) is 57.8 Å². The van der Waals surface area contributed by atoms with Crippen LogP contribution in [0.15, 0.2) is 24.3 Å². The molecule has 0 fully saturated rings. The minimum absolute atomic E-state index is 0.112. The summed E-state index contributed by atoms with van der Waals surface area (Å²) in [6, 6.07) is 8.49. The van der Waals surface area contributed by atoms with Gasteiger partial charge in [0.05, 0.1) is 5.52 Å². The molecule has 0 atom stereocenters. The molecule has 0 spiro atoms. The Hall–Kier alpha value is -1.75. The zero-order valence-electron chi connectivity index (χ0n) is 16.1. The first-order chi connectivity index (χ1) is 13.3. The van der Waals surface area contributed by atoms with Crippen molar-refractivity contribution in [2.24, 2.45) is 0 Å². The van der Waals surface area contributed by atoms with Crippen molar-refractivity contribution in [2.75, 3.05) is 24.2 Å². The van der Waals surface area contributed by atoms with Crippen molar-refractivity contribution >= 4 is 35.1 Å². The van der Waals surface area contributed by atoms with Gasteiger partial charge in [0.1, 0.15) is 0 Å². The quantitative estimate of drug-likeness (QED) is 0.416. The molecule has 3 rings (SSSR count). The van der Waals surface area contributed by atoms with E-state index in [0.29, 0.717) is 12.2 Å². The topological polar surface area (TPSA) is 54.0 Å². The van der Waals surface area contributed by atoms with Gasteiger partial charge in [0, 0.05) is 36.3 Å². The van der Waals surface area contributed by atoms with Gasteiger partial charge in [-0.05, 0) is 55.9 Å². The van der Waals surface area contributed by atoms with Gasteiger partial charge < -0.3 is 10.6 Å². The van der Waals surface area contributed by atoms with Crippen LogP contribution in [0.5, 0.6) is 0 Å². The van der Waals surface area contributed by atoms with E-state index >= 15 is 0 Å². The average molecular weight is 386 g/mol. The number of thiol groups is 1. The maximum atomic E-state index is 11.4. The highest BCUT2D eigenvalue weighted by Crippen LogP contribution is 2.33. The van der Waals surface area contributed by atoms with Gasteiger partial charge in [-0.2, -0.15) is 12.6 Å². The highest BCUT2D eigenvalue weighted by atomic mass is 32.1. The number of carbonyl (C=O) groups excluding carboxylic acids is 1. The second-order valence-electron chi connectivity index (χ2n) is 7.30. The fraction of sp³-hybridized carbons (Fsp3) is 0.545. The van der Waals surface area contributed by atoms with Crippen LogP contribution in [0.1, 0.15) is 56.2 Å². The molecule has 1 aromatic carbocycles. The molecule has 0 unspecified atom stereocenters. The number of fused-ring (bicyclic) bond motifs is 2. The predicted octanol–water partition coefficient (Wildman–Crippen LogP) is 4.52. The van der Waals surface area contributed by atoms with Crippen LogP contribution in [0, 0.1) is 0 Å². The first-order valence-electron chi connectivity index (χ1n) is 10.3. The minimum atomic E-state index is 0.112. The van der Waals surface area contributed by atoms with Crippen molar-refractivity contribution in [1.82, 2.24) is 10.3 Å². The lowest BCUT2D eigenvalue weighted by molar-refractivity contribution is -0.120. The third-order valence-corrected chi connectivity index (χ3v) is 5.46. The molecule has 0 radical (unpaired) electrons. The fourth-order valence-electron chi connectivity index (χ4n) is 3.81. The molecule has 0 saturated carbocycles. The number of nitrogens with zero attached hydrogens (tertiary/aromatic N) is 1. The molecule has 146 valence electrons. The Labute approximate surface area is 167 Å². The molecule has 2 N–H and O–H groups in total. The van der Waals surface area contributed by atoms with E-state index in [0.717, 1.165) is 50.7 Å². The second-order valence-corrected chi connectivity index (χ2v) is 7.75. The molecule has 0 aliphatic heterocycles. The molecule has 1 aliphatic rings. The Morgan fingerprint density at radius 2 is 1.81 bits per heavy atom. The van der Waals surface area contributed by atoms with E-state index in [9.17, 15) is 4.79 Å². The van der Waals surface area contributed by atoms with Gasteiger partial charge >= 0.3 is 0 Å². The zero-order chi connectivity index (χ0) is 18.9. The van der Waals surface area contributed by atoms with E-state index < -0.39 is 0 Å². The van der Waals surface area contributed by atoms with Crippen LogP contribution in [0.3, 0.4) is 0 Å². The molecule has 5 heteroatoms. The van der Waals surface area contributed by atoms with E-state index in [1.807, 2.05) is 0 Å². The lowest BCUT2D eigenvalue weighted by atomic mass is 9.92. The predicted molar refractivity (Wildman–Crippen MR) is 117 cm³/mol. The number of carbonyl (C=O) groups is 1. The van der Waals surface area contributed by atoms with Crippen LogP contribution in [0.4, 0.5) is 5.69 Å². The Morgan fingerprint density at radius 3 is 2.67 bits per heavy atom. The minimum Gasteiger partial charge on any atom is -0.384 e. The Morgan fingerprint density at radius 1 is 1.04 bits per heavy atom. The average Bonchev–Trinajstić information content (AvgIpc) is 2.69. The number of aromatic nitrogens is 1. The number of hydrogen-bond donors (Lipinski definition) is 3. The summed E-state index contributed by atoms with van der Waals surface area (Å²) in [6.45, 7) is 1.77. The van der Waals surface area contributed by atoms with Gasteiger partial charge in [0.2, 0.25) is 5.91 Å². The van der Waals surface area contributed by atoms with Crippen molar-refractivity contribution in [3.05, 3.63) is 35.5 Å². The zero-order valence-corrected chi connectivity index (χ0v) is 17.0. The normalized spacial score (nSPS) is 13.4. The van der Waals surface area contributed by atoms with Gasteiger partial charge in [-0.25, -0.2) is 0 Å².